The Bertz CT molecular complexity index is 491. The van der Waals surface area contributed by atoms with Crippen LogP contribution in [0.3, 0.4) is 0 Å². The summed E-state index contributed by atoms with van der Waals surface area (Å²) in [6.07, 6.45) is -2.47. The number of nitrogens with zero attached hydrogens (tertiary/aromatic N) is 1. The van der Waals surface area contributed by atoms with Crippen molar-refractivity contribution >= 4 is 35.1 Å². The maximum Gasteiger partial charge on any atom is 0.321 e. The molecule has 0 saturated carbocycles. The summed E-state index contributed by atoms with van der Waals surface area (Å²) < 4.78 is 24.7. The van der Waals surface area contributed by atoms with Gasteiger partial charge in [0.05, 0.1) is 29.1 Å². The summed E-state index contributed by atoms with van der Waals surface area (Å²) in [5.74, 6) is -0.407. The molecule has 1 rings (SSSR count). The fraction of sp³-hybridized carbons (Fsp3) is 0.462. The Morgan fingerprint density at radius 3 is 2.76 bits per heavy atom. The summed E-state index contributed by atoms with van der Waals surface area (Å²) in [5.41, 5.74) is 0.370. The lowest BCUT2D eigenvalue weighted by molar-refractivity contribution is 0.166. The van der Waals surface area contributed by atoms with Crippen LogP contribution in [0.15, 0.2) is 23.1 Å². The Hall–Kier alpha value is -1.05. The third-order valence-electron chi connectivity index (χ3n) is 2.81. The normalized spacial score (nSPS) is 12.3. The summed E-state index contributed by atoms with van der Waals surface area (Å²) in [6.45, 7) is 1.51. The van der Waals surface area contributed by atoms with E-state index in [1.165, 1.54) is 11.9 Å². The van der Waals surface area contributed by atoms with E-state index in [0.29, 0.717) is 15.6 Å². The number of hydrogen-bond donors (Lipinski definition) is 2. The van der Waals surface area contributed by atoms with Gasteiger partial charge in [0.25, 0.3) is 0 Å². The number of alkyl halides is 2. The predicted octanol–water partition coefficient (Wildman–Crippen LogP) is 3.54. The molecule has 2 amide bonds. The van der Waals surface area contributed by atoms with Crippen molar-refractivity contribution in [1.29, 1.82) is 0 Å². The molecule has 1 aromatic rings. The molecule has 0 aliphatic heterocycles. The molecule has 0 heterocycles. The van der Waals surface area contributed by atoms with Gasteiger partial charge in [0, 0.05) is 11.9 Å². The molecule has 0 spiro atoms. The zero-order valence-electron chi connectivity index (χ0n) is 11.6. The van der Waals surface area contributed by atoms with Crippen molar-refractivity contribution in [3.05, 3.63) is 23.2 Å². The van der Waals surface area contributed by atoms with E-state index in [4.69, 9.17) is 16.7 Å². The van der Waals surface area contributed by atoms with Gasteiger partial charge < -0.3 is 15.3 Å². The molecule has 0 aliphatic rings. The minimum Gasteiger partial charge on any atom is -0.394 e. The summed E-state index contributed by atoms with van der Waals surface area (Å²) in [5, 5.41) is 12.0. The number of benzene rings is 1. The van der Waals surface area contributed by atoms with Crippen molar-refractivity contribution in [2.24, 2.45) is 0 Å². The van der Waals surface area contributed by atoms with Gasteiger partial charge in [-0.25, -0.2) is 13.6 Å². The largest absolute Gasteiger partial charge is 0.394 e. The summed E-state index contributed by atoms with van der Waals surface area (Å²) in [7, 11) is 1.53. The number of urea groups is 1. The highest BCUT2D eigenvalue weighted by Crippen LogP contribution is 2.35. The van der Waals surface area contributed by atoms with Crippen LogP contribution in [0.25, 0.3) is 0 Å². The minimum absolute atomic E-state index is 0.174. The van der Waals surface area contributed by atoms with Gasteiger partial charge in [-0.05, 0) is 19.1 Å². The van der Waals surface area contributed by atoms with Gasteiger partial charge in [0.2, 0.25) is 6.43 Å². The molecule has 0 fully saturated rings. The van der Waals surface area contributed by atoms with Crippen molar-refractivity contribution in [2.75, 3.05) is 24.7 Å². The van der Waals surface area contributed by atoms with E-state index in [1.807, 2.05) is 0 Å². The predicted molar refractivity (Wildman–Crippen MR) is 81.5 cm³/mol. The second kappa shape index (κ2) is 8.41. The average Bonchev–Trinajstić information content (AvgIpc) is 2.44. The molecule has 0 saturated heterocycles. The van der Waals surface area contributed by atoms with Crippen LogP contribution in [0, 0.1) is 0 Å². The molecule has 2 N–H and O–H groups in total. The number of carbonyl (C=O) groups excluding carboxylic acids is 1. The van der Waals surface area contributed by atoms with Crippen molar-refractivity contribution in [1.82, 2.24) is 4.90 Å². The zero-order valence-corrected chi connectivity index (χ0v) is 13.2. The Kier molecular flexibility index (Phi) is 7.21. The molecule has 4 nitrogen and oxygen atoms in total. The van der Waals surface area contributed by atoms with Gasteiger partial charge >= 0.3 is 6.03 Å². The van der Waals surface area contributed by atoms with Gasteiger partial charge in [-0.2, -0.15) is 0 Å². The molecule has 1 aromatic carbocycles. The van der Waals surface area contributed by atoms with Crippen LogP contribution in [0.4, 0.5) is 19.3 Å². The SMILES string of the molecule is C[C@@H](CO)N(C)C(=O)Nc1cccc(Cl)c1SCC(F)F. The van der Waals surface area contributed by atoms with Crippen molar-refractivity contribution in [3.8, 4) is 0 Å². The van der Waals surface area contributed by atoms with E-state index in [1.54, 1.807) is 25.1 Å². The molecular formula is C13H17ClF2N2O2S. The monoisotopic (exact) mass is 338 g/mol. The summed E-state index contributed by atoms with van der Waals surface area (Å²) in [6, 6.07) is 3.99. The molecule has 0 bridgehead atoms. The molecule has 1 atom stereocenters. The van der Waals surface area contributed by atoms with Crippen LogP contribution in [-0.2, 0) is 0 Å². The molecule has 0 aliphatic carbocycles. The molecule has 118 valence electrons. The van der Waals surface area contributed by atoms with E-state index in [2.05, 4.69) is 5.32 Å². The first-order chi connectivity index (χ1) is 9.86. The van der Waals surface area contributed by atoms with Gasteiger partial charge in [0.15, 0.2) is 0 Å². The van der Waals surface area contributed by atoms with Gasteiger partial charge in [-0.15, -0.1) is 11.8 Å². The first kappa shape index (κ1) is 18.0. The summed E-state index contributed by atoms with van der Waals surface area (Å²) >= 11 is 6.88. The highest BCUT2D eigenvalue weighted by atomic mass is 35.5. The van der Waals surface area contributed by atoms with Crippen LogP contribution in [0.5, 0.6) is 0 Å². The number of rotatable bonds is 6. The number of anilines is 1. The van der Waals surface area contributed by atoms with E-state index < -0.39 is 18.2 Å². The second-order valence-corrected chi connectivity index (χ2v) is 5.83. The zero-order chi connectivity index (χ0) is 16.0. The number of hydrogen-bond acceptors (Lipinski definition) is 3. The molecule has 21 heavy (non-hydrogen) atoms. The highest BCUT2D eigenvalue weighted by molar-refractivity contribution is 7.99. The van der Waals surface area contributed by atoms with Gasteiger partial charge in [0.1, 0.15) is 0 Å². The number of nitrogens with one attached hydrogen (secondary N) is 1. The fourth-order valence-corrected chi connectivity index (χ4v) is 2.54. The van der Waals surface area contributed by atoms with Crippen molar-refractivity contribution in [2.45, 2.75) is 24.3 Å². The van der Waals surface area contributed by atoms with Crippen LogP contribution in [0.2, 0.25) is 5.02 Å². The van der Waals surface area contributed by atoms with Crippen LogP contribution >= 0.6 is 23.4 Å². The fourth-order valence-electron chi connectivity index (χ4n) is 1.43. The Balaban J connectivity index is 2.87. The Labute approximate surface area is 131 Å². The third-order valence-corrected chi connectivity index (χ3v) is 4.38. The number of amides is 2. The Morgan fingerprint density at radius 1 is 1.52 bits per heavy atom. The number of carbonyl (C=O) groups is 1. The lowest BCUT2D eigenvalue weighted by Crippen LogP contribution is -2.40. The number of aliphatic hydroxyl groups excluding tert-OH is 1. The Morgan fingerprint density at radius 2 is 2.19 bits per heavy atom. The average molecular weight is 339 g/mol. The van der Waals surface area contributed by atoms with Gasteiger partial charge in [-0.3, -0.25) is 0 Å². The summed E-state index contributed by atoms with van der Waals surface area (Å²) in [4.78, 5) is 13.7. The third kappa shape index (κ3) is 5.33. The number of halogens is 3. The maximum atomic E-state index is 12.3. The van der Waals surface area contributed by atoms with E-state index in [0.717, 1.165) is 11.8 Å². The quantitative estimate of drug-likeness (QED) is 0.780. The second-order valence-electron chi connectivity index (χ2n) is 4.39. The lowest BCUT2D eigenvalue weighted by atomic mass is 10.3. The van der Waals surface area contributed by atoms with Crippen LogP contribution < -0.4 is 5.32 Å². The standard InChI is InChI=1S/C13H17ClF2N2O2S/c1-8(6-19)18(2)13(20)17-10-5-3-4-9(14)12(10)21-7-11(15)16/h3-5,8,11,19H,6-7H2,1-2H3,(H,17,20)/t8-/m0/s1. The molecule has 0 aromatic heterocycles. The molecular weight excluding hydrogens is 322 g/mol. The molecule has 0 radical (unpaired) electrons. The number of likely N-dealkylation sites (N-methyl/N-ethyl adjacent to an activating group) is 1. The van der Waals surface area contributed by atoms with Crippen molar-refractivity contribution < 1.29 is 18.7 Å². The van der Waals surface area contributed by atoms with Crippen LogP contribution in [-0.4, -0.2) is 47.9 Å². The minimum atomic E-state index is -2.47. The van der Waals surface area contributed by atoms with Gasteiger partial charge in [-0.1, -0.05) is 17.7 Å². The highest BCUT2D eigenvalue weighted by Gasteiger charge is 2.18. The van der Waals surface area contributed by atoms with E-state index in [9.17, 15) is 13.6 Å². The molecule has 0 unspecified atom stereocenters. The first-order valence-corrected chi connectivity index (χ1v) is 7.57. The lowest BCUT2D eigenvalue weighted by Gasteiger charge is -2.24. The smallest absolute Gasteiger partial charge is 0.321 e. The van der Waals surface area contributed by atoms with E-state index in [-0.39, 0.29) is 12.6 Å². The van der Waals surface area contributed by atoms with Crippen molar-refractivity contribution in [3.63, 3.8) is 0 Å². The number of thioether (sulfide) groups is 1. The number of aliphatic hydroxyl groups is 1. The van der Waals surface area contributed by atoms with Crippen LogP contribution in [0.1, 0.15) is 6.92 Å². The molecule has 8 heteroatoms. The van der Waals surface area contributed by atoms with E-state index >= 15 is 0 Å². The maximum absolute atomic E-state index is 12.3. The topological polar surface area (TPSA) is 52.6 Å². The first-order valence-electron chi connectivity index (χ1n) is 6.21.